The van der Waals surface area contributed by atoms with Crippen LogP contribution in [-0.2, 0) is 6.42 Å². The van der Waals surface area contributed by atoms with Crippen LogP contribution < -0.4 is 0 Å². The number of fused-ring (bicyclic) bond motifs is 1. The van der Waals surface area contributed by atoms with Crippen molar-refractivity contribution in [3.63, 3.8) is 0 Å². The summed E-state index contributed by atoms with van der Waals surface area (Å²) in [7, 11) is 0. The summed E-state index contributed by atoms with van der Waals surface area (Å²) in [5.74, 6) is 0.567. The number of hydrogen-bond acceptors (Lipinski definition) is 2. The normalized spacial score (nSPS) is 11.1. The summed E-state index contributed by atoms with van der Waals surface area (Å²) in [4.78, 5) is 9.19. The fraction of sp³-hybridized carbons (Fsp3) is 0.100. The molecule has 4 aromatic rings. The van der Waals surface area contributed by atoms with Gasteiger partial charge in [-0.25, -0.2) is 14.4 Å². The Kier molecular flexibility index (Phi) is 3.58. The van der Waals surface area contributed by atoms with Crippen LogP contribution in [0, 0.1) is 12.7 Å². The number of halogens is 1. The number of aromatic nitrogens is 3. The van der Waals surface area contributed by atoms with Crippen LogP contribution in [-0.4, -0.2) is 14.5 Å². The second kappa shape index (κ2) is 5.89. The maximum absolute atomic E-state index is 14.1. The van der Waals surface area contributed by atoms with Gasteiger partial charge in [-0.1, -0.05) is 36.4 Å². The number of aryl methyl sites for hydroxylation is 1. The highest BCUT2D eigenvalue weighted by Gasteiger charge is 2.16. The summed E-state index contributed by atoms with van der Waals surface area (Å²) in [6.07, 6.45) is 2.17. The van der Waals surface area contributed by atoms with E-state index in [4.69, 9.17) is 4.98 Å². The van der Waals surface area contributed by atoms with Crippen molar-refractivity contribution in [2.75, 3.05) is 0 Å². The number of pyridine rings is 1. The Morgan fingerprint density at radius 3 is 2.58 bits per heavy atom. The predicted molar refractivity (Wildman–Crippen MR) is 92.8 cm³/mol. The molecule has 0 amide bonds. The van der Waals surface area contributed by atoms with Gasteiger partial charge >= 0.3 is 0 Å². The molecule has 0 N–H and O–H groups in total. The first-order chi connectivity index (χ1) is 11.7. The van der Waals surface area contributed by atoms with E-state index in [1.165, 1.54) is 6.07 Å². The summed E-state index contributed by atoms with van der Waals surface area (Å²) in [6, 6.07) is 18.7. The van der Waals surface area contributed by atoms with Crippen molar-refractivity contribution >= 4 is 11.2 Å². The molecule has 0 aliphatic carbocycles. The number of para-hydroxylation sites is 1. The number of nitrogens with zero attached hydrogens (tertiary/aromatic N) is 3. The topological polar surface area (TPSA) is 30.7 Å². The second-order valence-corrected chi connectivity index (χ2v) is 5.76. The van der Waals surface area contributed by atoms with E-state index in [1.807, 2.05) is 41.0 Å². The Morgan fingerprint density at radius 2 is 1.75 bits per heavy atom. The molecule has 2 aromatic heterocycles. The maximum atomic E-state index is 14.1. The van der Waals surface area contributed by atoms with Crippen molar-refractivity contribution in [2.45, 2.75) is 13.3 Å². The molecule has 0 atom stereocenters. The minimum absolute atomic E-state index is 0.214. The van der Waals surface area contributed by atoms with Gasteiger partial charge in [0, 0.05) is 12.6 Å². The summed E-state index contributed by atoms with van der Waals surface area (Å²) >= 11 is 0. The Labute approximate surface area is 139 Å². The van der Waals surface area contributed by atoms with Crippen LogP contribution >= 0.6 is 0 Å². The van der Waals surface area contributed by atoms with Gasteiger partial charge in [-0.3, -0.25) is 4.57 Å². The van der Waals surface area contributed by atoms with Gasteiger partial charge in [-0.05, 0) is 42.3 Å². The molecular formula is C20H16FN3. The minimum atomic E-state index is -0.214. The van der Waals surface area contributed by atoms with Gasteiger partial charge in [0.05, 0.1) is 5.69 Å². The van der Waals surface area contributed by atoms with Crippen molar-refractivity contribution in [3.05, 3.63) is 89.6 Å². The fourth-order valence-corrected chi connectivity index (χ4v) is 2.96. The van der Waals surface area contributed by atoms with Crippen molar-refractivity contribution in [1.29, 1.82) is 0 Å². The van der Waals surface area contributed by atoms with E-state index in [2.05, 4.69) is 18.0 Å². The van der Waals surface area contributed by atoms with E-state index < -0.39 is 0 Å². The summed E-state index contributed by atoms with van der Waals surface area (Å²) in [6.45, 7) is 2.05. The molecule has 0 saturated heterocycles. The highest BCUT2D eigenvalue weighted by Crippen LogP contribution is 2.24. The molecule has 24 heavy (non-hydrogen) atoms. The lowest BCUT2D eigenvalue weighted by Crippen LogP contribution is -2.05. The van der Waals surface area contributed by atoms with Crippen molar-refractivity contribution < 1.29 is 4.39 Å². The number of hydrogen-bond donors (Lipinski definition) is 0. The summed E-state index contributed by atoms with van der Waals surface area (Å²) < 4.78 is 16.1. The number of rotatable bonds is 3. The standard InChI is InChI=1S/C20H16FN3/c1-14-7-2-5-11-18(14)24-19(13-15-8-3-4-9-16(15)21)23-17-10-6-12-22-20(17)24/h2-12H,13H2,1H3. The zero-order chi connectivity index (χ0) is 16.5. The predicted octanol–water partition coefficient (Wildman–Crippen LogP) is 4.46. The molecule has 0 aliphatic heterocycles. The first-order valence-corrected chi connectivity index (χ1v) is 7.86. The van der Waals surface area contributed by atoms with Gasteiger partial charge in [0.15, 0.2) is 5.65 Å². The van der Waals surface area contributed by atoms with Crippen LogP contribution in [0.25, 0.3) is 16.9 Å². The smallest absolute Gasteiger partial charge is 0.164 e. The SMILES string of the molecule is Cc1ccccc1-n1c(Cc2ccccc2F)nc2cccnc21. The molecule has 118 valence electrons. The first-order valence-electron chi connectivity index (χ1n) is 7.86. The summed E-state index contributed by atoms with van der Waals surface area (Å²) in [5.41, 5.74) is 4.37. The van der Waals surface area contributed by atoms with Crippen LogP contribution in [0.1, 0.15) is 17.0 Å². The van der Waals surface area contributed by atoms with E-state index >= 15 is 0 Å². The third kappa shape index (κ3) is 2.46. The van der Waals surface area contributed by atoms with Gasteiger partial charge in [0.25, 0.3) is 0 Å². The number of benzene rings is 2. The zero-order valence-corrected chi connectivity index (χ0v) is 13.3. The quantitative estimate of drug-likeness (QED) is 0.558. The highest BCUT2D eigenvalue weighted by molar-refractivity contribution is 5.74. The fourth-order valence-electron chi connectivity index (χ4n) is 2.96. The number of imidazole rings is 1. The third-order valence-corrected chi connectivity index (χ3v) is 4.15. The van der Waals surface area contributed by atoms with Crippen LogP contribution in [0.5, 0.6) is 0 Å². The molecule has 3 nitrogen and oxygen atoms in total. The zero-order valence-electron chi connectivity index (χ0n) is 13.3. The molecule has 0 fully saturated rings. The van der Waals surface area contributed by atoms with Gasteiger partial charge in [0.2, 0.25) is 0 Å². The van der Waals surface area contributed by atoms with Gasteiger partial charge in [-0.2, -0.15) is 0 Å². The molecule has 0 radical (unpaired) electrons. The molecule has 0 aliphatic rings. The van der Waals surface area contributed by atoms with Gasteiger partial charge < -0.3 is 0 Å². The van der Waals surface area contributed by atoms with E-state index in [0.717, 1.165) is 28.2 Å². The third-order valence-electron chi connectivity index (χ3n) is 4.15. The Bertz CT molecular complexity index is 1020. The lowest BCUT2D eigenvalue weighted by atomic mass is 10.1. The molecule has 2 aromatic carbocycles. The van der Waals surface area contributed by atoms with Crippen LogP contribution in [0.3, 0.4) is 0 Å². The molecule has 2 heterocycles. The Hall–Kier alpha value is -3.01. The maximum Gasteiger partial charge on any atom is 0.164 e. The van der Waals surface area contributed by atoms with Crippen molar-refractivity contribution in [2.24, 2.45) is 0 Å². The molecule has 0 spiro atoms. The minimum Gasteiger partial charge on any atom is -0.280 e. The lowest BCUT2D eigenvalue weighted by molar-refractivity contribution is 0.611. The lowest BCUT2D eigenvalue weighted by Gasteiger charge is -2.11. The molecule has 0 unspecified atom stereocenters. The molecule has 4 heteroatoms. The molecule has 4 rings (SSSR count). The second-order valence-electron chi connectivity index (χ2n) is 5.76. The average Bonchev–Trinajstić information content (AvgIpc) is 2.95. The Morgan fingerprint density at radius 1 is 0.958 bits per heavy atom. The van der Waals surface area contributed by atoms with Crippen molar-refractivity contribution in [1.82, 2.24) is 14.5 Å². The molecule has 0 saturated carbocycles. The van der Waals surface area contributed by atoms with E-state index in [1.54, 1.807) is 18.3 Å². The largest absolute Gasteiger partial charge is 0.280 e. The van der Waals surface area contributed by atoms with Gasteiger partial charge in [0.1, 0.15) is 17.2 Å². The van der Waals surface area contributed by atoms with Gasteiger partial charge in [-0.15, -0.1) is 0 Å². The average molecular weight is 317 g/mol. The van der Waals surface area contributed by atoms with E-state index in [9.17, 15) is 4.39 Å². The Balaban J connectivity index is 1.94. The van der Waals surface area contributed by atoms with Crippen LogP contribution in [0.4, 0.5) is 4.39 Å². The summed E-state index contributed by atoms with van der Waals surface area (Å²) in [5, 5.41) is 0. The molecule has 0 bridgehead atoms. The van der Waals surface area contributed by atoms with E-state index in [-0.39, 0.29) is 5.82 Å². The van der Waals surface area contributed by atoms with Crippen LogP contribution in [0.15, 0.2) is 66.9 Å². The molecular weight excluding hydrogens is 301 g/mol. The van der Waals surface area contributed by atoms with Crippen molar-refractivity contribution in [3.8, 4) is 5.69 Å². The van der Waals surface area contributed by atoms with E-state index in [0.29, 0.717) is 12.0 Å². The van der Waals surface area contributed by atoms with Crippen LogP contribution in [0.2, 0.25) is 0 Å². The highest BCUT2D eigenvalue weighted by atomic mass is 19.1. The first kappa shape index (κ1) is 14.6. The monoisotopic (exact) mass is 317 g/mol.